The van der Waals surface area contributed by atoms with Gasteiger partial charge in [0.15, 0.2) is 5.78 Å². The quantitative estimate of drug-likeness (QED) is 0.504. The number of carbonyl (C=O) groups excluding carboxylic acids is 2. The zero-order valence-corrected chi connectivity index (χ0v) is 14.5. The van der Waals surface area contributed by atoms with E-state index in [-0.39, 0.29) is 17.3 Å². The number of Topliss-reactive ketones (excluding diaryl/α,β-unsaturated/α-hetero) is 1. The van der Waals surface area contributed by atoms with Gasteiger partial charge in [-0.05, 0) is 18.6 Å². The van der Waals surface area contributed by atoms with Crippen LogP contribution in [0.4, 0.5) is 5.69 Å². The third-order valence-corrected chi connectivity index (χ3v) is 4.03. The molecular weight excluding hydrogens is 322 g/mol. The molecule has 1 N–H and O–H groups in total. The van der Waals surface area contributed by atoms with E-state index in [0.717, 1.165) is 11.3 Å². The lowest BCUT2D eigenvalue weighted by atomic mass is 10.0. The highest BCUT2D eigenvalue weighted by atomic mass is 16.1. The second-order valence-corrected chi connectivity index (χ2v) is 5.92. The number of rotatable bonds is 6. The van der Waals surface area contributed by atoms with Crippen molar-refractivity contribution in [3.05, 3.63) is 113 Å². The predicted molar refractivity (Wildman–Crippen MR) is 104 cm³/mol. The summed E-state index contributed by atoms with van der Waals surface area (Å²) >= 11 is 0. The average Bonchev–Trinajstić information content (AvgIpc) is 2.70. The molecule has 3 rings (SSSR count). The molecular formula is C23H19NO2. The number of ketones is 2. The fraction of sp³-hybridized carbons (Fsp3) is 0.0435. The van der Waals surface area contributed by atoms with Crippen LogP contribution >= 0.6 is 0 Å². The van der Waals surface area contributed by atoms with Crippen LogP contribution in [0, 0.1) is 6.92 Å². The van der Waals surface area contributed by atoms with Crippen molar-refractivity contribution in [1.82, 2.24) is 0 Å². The third kappa shape index (κ3) is 4.14. The Bertz CT molecular complexity index is 944. The van der Waals surface area contributed by atoms with Crippen LogP contribution in [0.15, 0.2) is 96.7 Å². The minimum Gasteiger partial charge on any atom is -0.352 e. The topological polar surface area (TPSA) is 46.2 Å². The monoisotopic (exact) mass is 341 g/mol. The first-order valence-corrected chi connectivity index (χ1v) is 8.38. The number of anilines is 1. The van der Waals surface area contributed by atoms with Crippen molar-refractivity contribution in [3.8, 4) is 0 Å². The molecule has 0 atom stereocenters. The van der Waals surface area contributed by atoms with E-state index in [4.69, 9.17) is 0 Å². The Labute approximate surface area is 153 Å². The van der Waals surface area contributed by atoms with Gasteiger partial charge < -0.3 is 5.32 Å². The van der Waals surface area contributed by atoms with Gasteiger partial charge in [0.05, 0.1) is 5.70 Å². The van der Waals surface area contributed by atoms with E-state index in [0.29, 0.717) is 11.1 Å². The maximum absolute atomic E-state index is 12.9. The summed E-state index contributed by atoms with van der Waals surface area (Å²) in [6, 6.07) is 25.5. The maximum Gasteiger partial charge on any atom is 0.209 e. The van der Waals surface area contributed by atoms with E-state index in [9.17, 15) is 9.59 Å². The first-order valence-electron chi connectivity index (χ1n) is 8.38. The molecule has 0 unspecified atom stereocenters. The number of hydrogen-bond acceptors (Lipinski definition) is 3. The van der Waals surface area contributed by atoms with Crippen molar-refractivity contribution in [2.24, 2.45) is 0 Å². The zero-order valence-electron chi connectivity index (χ0n) is 14.5. The van der Waals surface area contributed by atoms with E-state index >= 15 is 0 Å². The number of carbonyl (C=O) groups is 2. The van der Waals surface area contributed by atoms with Crippen LogP contribution in [0.25, 0.3) is 0 Å². The SMILES string of the molecule is Cc1ccccc1NC(=CC(=O)c1ccccc1)C(=O)c1ccccc1. The summed E-state index contributed by atoms with van der Waals surface area (Å²) in [6.07, 6.45) is 1.37. The summed E-state index contributed by atoms with van der Waals surface area (Å²) < 4.78 is 0. The highest BCUT2D eigenvalue weighted by Crippen LogP contribution is 2.19. The van der Waals surface area contributed by atoms with Gasteiger partial charge in [0, 0.05) is 22.9 Å². The van der Waals surface area contributed by atoms with E-state index in [2.05, 4.69) is 5.32 Å². The first kappa shape index (κ1) is 17.4. The van der Waals surface area contributed by atoms with Gasteiger partial charge in [-0.1, -0.05) is 78.9 Å². The van der Waals surface area contributed by atoms with Crippen LogP contribution in [0.2, 0.25) is 0 Å². The molecule has 0 aliphatic heterocycles. The van der Waals surface area contributed by atoms with Crippen molar-refractivity contribution in [2.75, 3.05) is 5.32 Å². The molecule has 3 heteroatoms. The molecule has 26 heavy (non-hydrogen) atoms. The Balaban J connectivity index is 1.98. The van der Waals surface area contributed by atoms with Gasteiger partial charge in [-0.2, -0.15) is 0 Å². The number of hydrogen-bond donors (Lipinski definition) is 1. The maximum atomic E-state index is 12.9. The van der Waals surface area contributed by atoms with Gasteiger partial charge in [-0.25, -0.2) is 0 Å². The average molecular weight is 341 g/mol. The Hall–Kier alpha value is -3.46. The molecule has 0 fully saturated rings. The van der Waals surface area contributed by atoms with Gasteiger partial charge in [0.1, 0.15) is 0 Å². The third-order valence-electron chi connectivity index (χ3n) is 4.03. The Kier molecular flexibility index (Phi) is 5.40. The summed E-state index contributed by atoms with van der Waals surface area (Å²) in [5.41, 5.74) is 3.10. The summed E-state index contributed by atoms with van der Waals surface area (Å²) in [5.74, 6) is -0.441. The lowest BCUT2D eigenvalue weighted by Crippen LogP contribution is -2.14. The van der Waals surface area contributed by atoms with Gasteiger partial charge in [0.2, 0.25) is 5.78 Å². The molecule has 128 valence electrons. The largest absolute Gasteiger partial charge is 0.352 e. The van der Waals surface area contributed by atoms with Crippen LogP contribution in [0.5, 0.6) is 0 Å². The smallest absolute Gasteiger partial charge is 0.209 e. The molecule has 0 radical (unpaired) electrons. The fourth-order valence-electron chi connectivity index (χ4n) is 2.58. The molecule has 0 aliphatic carbocycles. The van der Waals surface area contributed by atoms with Crippen molar-refractivity contribution < 1.29 is 9.59 Å². The Morgan fingerprint density at radius 3 is 1.88 bits per heavy atom. The first-order chi connectivity index (χ1) is 12.6. The van der Waals surface area contributed by atoms with Gasteiger partial charge >= 0.3 is 0 Å². The number of nitrogens with one attached hydrogen (secondary N) is 1. The van der Waals surface area contributed by atoms with Crippen molar-refractivity contribution >= 4 is 17.3 Å². The van der Waals surface area contributed by atoms with Gasteiger partial charge in [0.25, 0.3) is 0 Å². The molecule has 3 aromatic rings. The van der Waals surface area contributed by atoms with Crippen LogP contribution in [-0.2, 0) is 0 Å². The molecule has 0 amide bonds. The van der Waals surface area contributed by atoms with E-state index in [1.54, 1.807) is 48.5 Å². The van der Waals surface area contributed by atoms with Crippen molar-refractivity contribution in [1.29, 1.82) is 0 Å². The predicted octanol–water partition coefficient (Wildman–Crippen LogP) is 5.06. The Morgan fingerprint density at radius 2 is 1.27 bits per heavy atom. The number of benzene rings is 3. The summed E-state index contributed by atoms with van der Waals surface area (Å²) in [4.78, 5) is 25.5. The summed E-state index contributed by atoms with van der Waals surface area (Å²) in [5, 5.41) is 3.14. The highest BCUT2D eigenvalue weighted by molar-refractivity contribution is 6.16. The molecule has 0 saturated heterocycles. The molecule has 0 saturated carbocycles. The second-order valence-electron chi connectivity index (χ2n) is 5.92. The van der Waals surface area contributed by atoms with Crippen LogP contribution in [-0.4, -0.2) is 11.6 Å². The molecule has 3 nitrogen and oxygen atoms in total. The van der Waals surface area contributed by atoms with Crippen molar-refractivity contribution in [3.63, 3.8) is 0 Å². The molecule has 0 heterocycles. The van der Waals surface area contributed by atoms with E-state index < -0.39 is 0 Å². The molecule has 0 aromatic heterocycles. The highest BCUT2D eigenvalue weighted by Gasteiger charge is 2.15. The Morgan fingerprint density at radius 1 is 0.731 bits per heavy atom. The van der Waals surface area contributed by atoms with Crippen LogP contribution in [0.3, 0.4) is 0 Å². The lowest BCUT2D eigenvalue weighted by molar-refractivity contribution is 0.101. The van der Waals surface area contributed by atoms with E-state index in [1.165, 1.54) is 6.08 Å². The molecule has 0 aliphatic rings. The van der Waals surface area contributed by atoms with E-state index in [1.807, 2.05) is 43.3 Å². The summed E-state index contributed by atoms with van der Waals surface area (Å²) in [6.45, 7) is 1.95. The molecule has 3 aromatic carbocycles. The number of aryl methyl sites for hydroxylation is 1. The molecule has 0 spiro atoms. The second kappa shape index (κ2) is 8.08. The fourth-order valence-corrected chi connectivity index (χ4v) is 2.58. The minimum atomic E-state index is -0.224. The summed E-state index contributed by atoms with van der Waals surface area (Å²) in [7, 11) is 0. The zero-order chi connectivity index (χ0) is 18.4. The lowest BCUT2D eigenvalue weighted by Gasteiger charge is -2.12. The number of para-hydroxylation sites is 1. The number of allylic oxidation sites excluding steroid dienone is 2. The minimum absolute atomic E-state index is 0.217. The standard InChI is InChI=1S/C23H19NO2/c1-17-10-8-9-15-20(17)24-21(23(26)19-13-6-3-7-14-19)16-22(25)18-11-4-2-5-12-18/h2-16,24H,1H3. The molecule has 0 bridgehead atoms. The van der Waals surface area contributed by atoms with Crippen LogP contribution < -0.4 is 5.32 Å². The van der Waals surface area contributed by atoms with Gasteiger partial charge in [-0.15, -0.1) is 0 Å². The van der Waals surface area contributed by atoms with Crippen LogP contribution in [0.1, 0.15) is 26.3 Å². The van der Waals surface area contributed by atoms with Gasteiger partial charge in [-0.3, -0.25) is 9.59 Å². The normalized spacial score (nSPS) is 11.0. The van der Waals surface area contributed by atoms with Crippen molar-refractivity contribution in [2.45, 2.75) is 6.92 Å².